The molecule has 0 saturated carbocycles. The maximum atomic E-state index is 11.9. The first-order valence-corrected chi connectivity index (χ1v) is 10.2. The van der Waals surface area contributed by atoms with E-state index in [2.05, 4.69) is 29.1 Å². The van der Waals surface area contributed by atoms with Crippen molar-refractivity contribution in [3.05, 3.63) is 41.7 Å². The van der Waals surface area contributed by atoms with E-state index in [4.69, 9.17) is 10.5 Å². The Balaban J connectivity index is 1.57. The van der Waals surface area contributed by atoms with Crippen LogP contribution in [-0.2, 0) is 16.1 Å². The van der Waals surface area contributed by atoms with Crippen LogP contribution < -0.4 is 5.73 Å². The van der Waals surface area contributed by atoms with Crippen molar-refractivity contribution in [2.75, 3.05) is 5.75 Å². The molecule has 0 amide bonds. The number of carbonyl (C=O) groups excluding carboxylic acids is 1. The highest BCUT2D eigenvalue weighted by atomic mass is 32.2. The lowest BCUT2D eigenvalue weighted by Crippen LogP contribution is -2.21. The van der Waals surface area contributed by atoms with Crippen molar-refractivity contribution in [3.63, 3.8) is 0 Å². The zero-order valence-electron chi connectivity index (χ0n) is 14.7. The van der Waals surface area contributed by atoms with Crippen molar-refractivity contribution >= 4 is 34.0 Å². The van der Waals surface area contributed by atoms with E-state index >= 15 is 0 Å². The van der Waals surface area contributed by atoms with E-state index in [1.54, 1.807) is 4.52 Å². The smallest absolute Gasteiger partial charge is 0.316 e. The number of rotatable bonds is 8. The fraction of sp³-hybridized carbons (Fsp3) is 0.412. The van der Waals surface area contributed by atoms with Crippen LogP contribution in [0.15, 0.2) is 34.7 Å². The molecular weight excluding hydrogens is 370 g/mol. The van der Waals surface area contributed by atoms with Gasteiger partial charge in [0.25, 0.3) is 0 Å². The molecule has 0 aliphatic carbocycles. The summed E-state index contributed by atoms with van der Waals surface area (Å²) in [5, 5.41) is 12.8. The second-order valence-corrected chi connectivity index (χ2v) is 8.15. The lowest BCUT2D eigenvalue weighted by atomic mass is 10.00. The van der Waals surface area contributed by atoms with Crippen molar-refractivity contribution < 1.29 is 9.53 Å². The molecule has 2 N–H and O–H groups in total. The molecule has 0 aliphatic rings. The SMILES string of the molecule is CC[C@H](C)[C@H](N)c1nnc2sc(SCC(=O)OCc3ccccc3)nn12. The lowest BCUT2D eigenvalue weighted by molar-refractivity contribution is -0.141. The first-order chi connectivity index (χ1) is 12.6. The molecule has 3 aromatic rings. The molecule has 2 heterocycles. The molecule has 0 spiro atoms. The van der Waals surface area contributed by atoms with Crippen LogP contribution >= 0.6 is 23.1 Å². The third-order valence-electron chi connectivity index (χ3n) is 4.11. The van der Waals surface area contributed by atoms with Crippen molar-refractivity contribution in [1.29, 1.82) is 0 Å². The van der Waals surface area contributed by atoms with Crippen molar-refractivity contribution in [2.24, 2.45) is 11.7 Å². The van der Waals surface area contributed by atoms with Gasteiger partial charge in [-0.2, -0.15) is 4.52 Å². The Labute approximate surface area is 160 Å². The van der Waals surface area contributed by atoms with Crippen molar-refractivity contribution in [2.45, 2.75) is 37.3 Å². The number of hydrogen-bond acceptors (Lipinski definition) is 8. The summed E-state index contributed by atoms with van der Waals surface area (Å²) in [6, 6.07) is 9.39. The maximum Gasteiger partial charge on any atom is 0.316 e. The van der Waals surface area contributed by atoms with E-state index in [1.807, 2.05) is 30.3 Å². The van der Waals surface area contributed by atoms with Gasteiger partial charge in [-0.3, -0.25) is 4.79 Å². The number of nitrogens with two attached hydrogens (primary N) is 1. The van der Waals surface area contributed by atoms with Gasteiger partial charge in [0.15, 0.2) is 10.2 Å². The number of benzene rings is 1. The minimum atomic E-state index is -0.277. The zero-order valence-corrected chi connectivity index (χ0v) is 16.3. The summed E-state index contributed by atoms with van der Waals surface area (Å²) in [5.41, 5.74) is 7.21. The molecule has 138 valence electrons. The number of hydrogen-bond donors (Lipinski definition) is 1. The second kappa shape index (κ2) is 8.61. The Morgan fingerprint density at radius 2 is 2.12 bits per heavy atom. The number of nitrogens with zero attached hydrogens (tertiary/aromatic N) is 4. The third-order valence-corrected chi connectivity index (χ3v) is 6.11. The molecule has 0 fully saturated rings. The largest absolute Gasteiger partial charge is 0.460 e. The van der Waals surface area contributed by atoms with Crippen LogP contribution in [0.5, 0.6) is 0 Å². The van der Waals surface area contributed by atoms with Gasteiger partial charge >= 0.3 is 5.97 Å². The van der Waals surface area contributed by atoms with Crippen LogP contribution in [0.4, 0.5) is 0 Å². The van der Waals surface area contributed by atoms with Crippen LogP contribution in [0.2, 0.25) is 0 Å². The summed E-state index contributed by atoms with van der Waals surface area (Å²) >= 11 is 2.72. The van der Waals surface area contributed by atoms with Gasteiger partial charge in [-0.15, -0.1) is 15.3 Å². The van der Waals surface area contributed by atoms with Gasteiger partial charge in [-0.05, 0) is 11.5 Å². The van der Waals surface area contributed by atoms with E-state index in [-0.39, 0.29) is 30.3 Å². The average Bonchev–Trinajstić information content (AvgIpc) is 3.24. The fourth-order valence-electron chi connectivity index (χ4n) is 2.29. The molecule has 3 rings (SSSR count). The van der Waals surface area contributed by atoms with Gasteiger partial charge in [0.2, 0.25) is 4.96 Å². The molecule has 0 radical (unpaired) electrons. The summed E-state index contributed by atoms with van der Waals surface area (Å²) in [6.07, 6.45) is 0.953. The Morgan fingerprint density at radius 1 is 1.35 bits per heavy atom. The summed E-state index contributed by atoms with van der Waals surface area (Å²) in [7, 11) is 0. The van der Waals surface area contributed by atoms with Crippen molar-refractivity contribution in [1.82, 2.24) is 19.8 Å². The predicted octanol–water partition coefficient (Wildman–Crippen LogP) is 3.07. The van der Waals surface area contributed by atoms with Gasteiger partial charge in [-0.25, -0.2) is 0 Å². The summed E-state index contributed by atoms with van der Waals surface area (Å²) < 4.78 is 7.70. The standard InChI is InChI=1S/C17H21N5O2S2/c1-3-11(2)14(18)15-19-20-16-22(15)21-17(26-16)25-10-13(23)24-9-12-7-5-4-6-8-12/h4-8,11,14H,3,9-10,18H2,1-2H3/t11-,14-/m0/s1. The van der Waals surface area contributed by atoms with E-state index in [0.717, 1.165) is 16.3 Å². The van der Waals surface area contributed by atoms with Crippen molar-refractivity contribution in [3.8, 4) is 0 Å². The normalized spacial score (nSPS) is 13.7. The van der Waals surface area contributed by atoms with Gasteiger partial charge < -0.3 is 10.5 Å². The Morgan fingerprint density at radius 3 is 2.85 bits per heavy atom. The first-order valence-electron chi connectivity index (χ1n) is 8.38. The van der Waals surface area contributed by atoms with Crippen LogP contribution in [0.3, 0.4) is 0 Å². The van der Waals surface area contributed by atoms with Gasteiger partial charge in [0.1, 0.15) is 6.61 Å². The highest BCUT2D eigenvalue weighted by Gasteiger charge is 2.22. The number of ether oxygens (including phenoxy) is 1. The number of esters is 1. The molecule has 2 atom stereocenters. The van der Waals surface area contributed by atoms with Crippen LogP contribution in [0.1, 0.15) is 37.7 Å². The molecule has 0 aliphatic heterocycles. The topological polar surface area (TPSA) is 95.4 Å². The Bertz CT molecular complexity index is 865. The Hall–Kier alpha value is -1.97. The molecule has 0 unspecified atom stereocenters. The minimum Gasteiger partial charge on any atom is -0.460 e. The average molecular weight is 392 g/mol. The molecule has 0 saturated heterocycles. The van der Waals surface area contributed by atoms with Crippen LogP contribution in [0, 0.1) is 5.92 Å². The van der Waals surface area contributed by atoms with E-state index in [0.29, 0.717) is 10.8 Å². The third kappa shape index (κ3) is 4.40. The lowest BCUT2D eigenvalue weighted by Gasteiger charge is -2.15. The zero-order chi connectivity index (χ0) is 18.5. The van der Waals surface area contributed by atoms with E-state index < -0.39 is 0 Å². The van der Waals surface area contributed by atoms with Gasteiger partial charge in [0, 0.05) is 0 Å². The number of fused-ring (bicyclic) bond motifs is 1. The molecule has 0 bridgehead atoms. The summed E-state index contributed by atoms with van der Waals surface area (Å²) in [4.78, 5) is 12.6. The predicted molar refractivity (Wildman–Crippen MR) is 102 cm³/mol. The highest BCUT2D eigenvalue weighted by Crippen LogP contribution is 2.27. The van der Waals surface area contributed by atoms with E-state index in [1.165, 1.54) is 23.1 Å². The summed E-state index contributed by atoms with van der Waals surface area (Å²) in [6.45, 7) is 4.45. The quantitative estimate of drug-likeness (QED) is 0.466. The van der Waals surface area contributed by atoms with Crippen LogP contribution in [0.25, 0.3) is 4.96 Å². The second-order valence-electron chi connectivity index (χ2n) is 5.97. The number of aromatic nitrogens is 4. The molecule has 9 heteroatoms. The Kier molecular flexibility index (Phi) is 6.23. The minimum absolute atomic E-state index is 0.198. The molecule has 26 heavy (non-hydrogen) atoms. The molecule has 7 nitrogen and oxygen atoms in total. The summed E-state index contributed by atoms with van der Waals surface area (Å²) in [5.74, 6) is 0.863. The van der Waals surface area contributed by atoms with Crippen LogP contribution in [-0.4, -0.2) is 31.5 Å². The monoisotopic (exact) mass is 391 g/mol. The van der Waals surface area contributed by atoms with Gasteiger partial charge in [0.05, 0.1) is 11.8 Å². The molecule has 2 aromatic heterocycles. The number of thioether (sulfide) groups is 1. The number of carbonyl (C=O) groups is 1. The molecule has 1 aromatic carbocycles. The highest BCUT2D eigenvalue weighted by molar-refractivity contribution is 8.01. The van der Waals surface area contributed by atoms with E-state index in [9.17, 15) is 4.79 Å². The van der Waals surface area contributed by atoms with Gasteiger partial charge in [-0.1, -0.05) is 73.7 Å². The first kappa shape index (κ1) is 18.8. The fourth-order valence-corrected chi connectivity index (χ4v) is 3.97. The maximum absolute atomic E-state index is 11.9. The molecular formula is C17H21N5O2S2.